The van der Waals surface area contributed by atoms with Gasteiger partial charge in [-0.3, -0.25) is 9.69 Å². The lowest BCUT2D eigenvalue weighted by Gasteiger charge is -2.34. The fourth-order valence-electron chi connectivity index (χ4n) is 2.71. The molecule has 0 atom stereocenters. The van der Waals surface area contributed by atoms with E-state index in [4.69, 9.17) is 0 Å². The van der Waals surface area contributed by atoms with Crippen molar-refractivity contribution in [3.63, 3.8) is 0 Å². The van der Waals surface area contributed by atoms with Crippen LogP contribution in [0.3, 0.4) is 0 Å². The molecule has 1 amide bonds. The number of carbonyl (C=O) groups excluding carboxylic acids is 1. The number of imidazole rings is 1. The zero-order chi connectivity index (χ0) is 16.1. The highest BCUT2D eigenvalue weighted by Gasteiger charge is 2.21. The quantitative estimate of drug-likeness (QED) is 0.785. The van der Waals surface area contributed by atoms with E-state index in [2.05, 4.69) is 34.1 Å². The van der Waals surface area contributed by atoms with Gasteiger partial charge in [-0.15, -0.1) is 0 Å². The SMILES string of the molecule is Cn1ccnc1SCC(=O)N1CCN(Cc2ccccc2)CC1. The van der Waals surface area contributed by atoms with Crippen LogP contribution < -0.4 is 0 Å². The number of hydrogen-bond acceptors (Lipinski definition) is 4. The molecule has 0 spiro atoms. The van der Waals surface area contributed by atoms with Gasteiger partial charge in [0, 0.05) is 52.2 Å². The highest BCUT2D eigenvalue weighted by atomic mass is 32.2. The molecule has 5 nitrogen and oxygen atoms in total. The first kappa shape index (κ1) is 16.1. The van der Waals surface area contributed by atoms with Crippen LogP contribution in [0.15, 0.2) is 47.9 Å². The van der Waals surface area contributed by atoms with E-state index in [-0.39, 0.29) is 5.91 Å². The van der Waals surface area contributed by atoms with Gasteiger partial charge in [0.15, 0.2) is 5.16 Å². The normalized spacial score (nSPS) is 15.8. The molecule has 2 aromatic rings. The molecule has 0 radical (unpaired) electrons. The molecule has 1 aliphatic heterocycles. The van der Waals surface area contributed by atoms with Crippen molar-refractivity contribution >= 4 is 17.7 Å². The van der Waals surface area contributed by atoms with Crippen molar-refractivity contribution in [3.8, 4) is 0 Å². The number of rotatable bonds is 5. The molecule has 0 unspecified atom stereocenters. The molecule has 1 fully saturated rings. The zero-order valence-corrected chi connectivity index (χ0v) is 14.2. The van der Waals surface area contributed by atoms with Crippen LogP contribution in [-0.4, -0.2) is 57.2 Å². The van der Waals surface area contributed by atoms with Gasteiger partial charge in [-0.25, -0.2) is 4.98 Å². The van der Waals surface area contributed by atoms with Gasteiger partial charge in [0.1, 0.15) is 0 Å². The Kier molecular flexibility index (Phi) is 5.35. The first-order valence-corrected chi connectivity index (χ1v) is 8.85. The van der Waals surface area contributed by atoms with E-state index in [1.54, 1.807) is 6.20 Å². The summed E-state index contributed by atoms with van der Waals surface area (Å²) in [4.78, 5) is 20.9. The Labute approximate surface area is 141 Å². The van der Waals surface area contributed by atoms with E-state index in [1.165, 1.54) is 17.3 Å². The van der Waals surface area contributed by atoms with E-state index in [9.17, 15) is 4.79 Å². The third-order valence-corrected chi connectivity index (χ3v) is 5.12. The van der Waals surface area contributed by atoms with Crippen LogP contribution in [0, 0.1) is 0 Å². The van der Waals surface area contributed by atoms with E-state index in [0.717, 1.165) is 37.9 Å². The Morgan fingerprint density at radius 1 is 1.17 bits per heavy atom. The molecule has 1 saturated heterocycles. The van der Waals surface area contributed by atoms with Crippen molar-refractivity contribution in [3.05, 3.63) is 48.3 Å². The van der Waals surface area contributed by atoms with Gasteiger partial charge in [0.05, 0.1) is 5.75 Å². The Bertz CT molecular complexity index is 635. The third-order valence-electron chi connectivity index (χ3n) is 4.08. The number of benzene rings is 1. The van der Waals surface area contributed by atoms with Crippen LogP contribution in [0.5, 0.6) is 0 Å². The van der Waals surface area contributed by atoms with Crippen LogP contribution in [0.4, 0.5) is 0 Å². The number of thioether (sulfide) groups is 1. The van der Waals surface area contributed by atoms with Crippen LogP contribution in [0.25, 0.3) is 0 Å². The van der Waals surface area contributed by atoms with Crippen molar-refractivity contribution in [2.75, 3.05) is 31.9 Å². The van der Waals surface area contributed by atoms with Gasteiger partial charge in [-0.2, -0.15) is 0 Å². The monoisotopic (exact) mass is 330 g/mol. The van der Waals surface area contributed by atoms with Gasteiger partial charge < -0.3 is 9.47 Å². The summed E-state index contributed by atoms with van der Waals surface area (Å²) in [5.41, 5.74) is 1.33. The van der Waals surface area contributed by atoms with E-state index < -0.39 is 0 Å². The highest BCUT2D eigenvalue weighted by molar-refractivity contribution is 7.99. The fourth-order valence-corrected chi connectivity index (χ4v) is 3.54. The lowest BCUT2D eigenvalue weighted by molar-refractivity contribution is -0.130. The van der Waals surface area contributed by atoms with E-state index in [0.29, 0.717) is 5.75 Å². The van der Waals surface area contributed by atoms with Crippen LogP contribution in [0.1, 0.15) is 5.56 Å². The standard InChI is InChI=1S/C17H22N4OS/c1-19-8-7-18-17(19)23-14-16(22)21-11-9-20(10-12-21)13-15-5-3-2-4-6-15/h2-8H,9-14H2,1H3. The molecule has 23 heavy (non-hydrogen) atoms. The zero-order valence-electron chi connectivity index (χ0n) is 13.4. The molecule has 3 rings (SSSR count). The molecular weight excluding hydrogens is 308 g/mol. The average Bonchev–Trinajstić information content (AvgIpc) is 2.99. The summed E-state index contributed by atoms with van der Waals surface area (Å²) in [5.74, 6) is 0.668. The van der Waals surface area contributed by atoms with Crippen molar-refractivity contribution in [2.24, 2.45) is 7.05 Å². The molecule has 0 saturated carbocycles. The summed E-state index contributed by atoms with van der Waals surface area (Å²) in [6.45, 7) is 4.46. The maximum Gasteiger partial charge on any atom is 0.233 e. The predicted molar refractivity (Wildman–Crippen MR) is 92.2 cm³/mol. The number of amides is 1. The summed E-state index contributed by atoms with van der Waals surface area (Å²) in [6, 6.07) is 10.5. The second-order valence-corrected chi connectivity index (χ2v) is 6.69. The van der Waals surface area contributed by atoms with Crippen molar-refractivity contribution < 1.29 is 4.79 Å². The Morgan fingerprint density at radius 2 is 1.91 bits per heavy atom. The molecule has 1 aromatic carbocycles. The number of piperazine rings is 1. The lowest BCUT2D eigenvalue weighted by Crippen LogP contribution is -2.48. The van der Waals surface area contributed by atoms with Crippen molar-refractivity contribution in [2.45, 2.75) is 11.7 Å². The molecule has 1 aliphatic rings. The van der Waals surface area contributed by atoms with Gasteiger partial charge in [0.25, 0.3) is 0 Å². The van der Waals surface area contributed by atoms with Crippen LogP contribution >= 0.6 is 11.8 Å². The maximum absolute atomic E-state index is 12.3. The van der Waals surface area contributed by atoms with Gasteiger partial charge in [-0.1, -0.05) is 42.1 Å². The minimum absolute atomic E-state index is 0.206. The smallest absolute Gasteiger partial charge is 0.233 e. The third kappa shape index (κ3) is 4.36. The Morgan fingerprint density at radius 3 is 2.57 bits per heavy atom. The largest absolute Gasteiger partial charge is 0.339 e. The summed E-state index contributed by atoms with van der Waals surface area (Å²) in [6.07, 6.45) is 3.66. The second kappa shape index (κ2) is 7.66. The number of nitrogens with zero attached hydrogens (tertiary/aromatic N) is 4. The fraction of sp³-hybridized carbons (Fsp3) is 0.412. The first-order valence-electron chi connectivity index (χ1n) is 7.86. The van der Waals surface area contributed by atoms with Crippen molar-refractivity contribution in [1.82, 2.24) is 19.4 Å². The Balaban J connectivity index is 1.43. The summed E-state index contributed by atoms with van der Waals surface area (Å²) in [7, 11) is 1.95. The number of aromatic nitrogens is 2. The van der Waals surface area contributed by atoms with Crippen LogP contribution in [-0.2, 0) is 18.4 Å². The molecule has 122 valence electrons. The van der Waals surface area contributed by atoms with E-state index >= 15 is 0 Å². The molecule has 0 aliphatic carbocycles. The van der Waals surface area contributed by atoms with Crippen molar-refractivity contribution in [1.29, 1.82) is 0 Å². The second-order valence-electron chi connectivity index (χ2n) is 5.75. The maximum atomic E-state index is 12.3. The minimum atomic E-state index is 0.206. The molecule has 0 bridgehead atoms. The minimum Gasteiger partial charge on any atom is -0.339 e. The topological polar surface area (TPSA) is 41.4 Å². The number of carbonyl (C=O) groups is 1. The summed E-state index contributed by atoms with van der Waals surface area (Å²) < 4.78 is 1.94. The van der Waals surface area contributed by atoms with E-state index in [1.807, 2.05) is 28.8 Å². The summed E-state index contributed by atoms with van der Waals surface area (Å²) in [5, 5.41) is 0.890. The molecule has 1 aromatic heterocycles. The van der Waals surface area contributed by atoms with Gasteiger partial charge >= 0.3 is 0 Å². The van der Waals surface area contributed by atoms with Gasteiger partial charge in [-0.05, 0) is 5.56 Å². The Hall–Kier alpha value is -1.79. The highest BCUT2D eigenvalue weighted by Crippen LogP contribution is 2.16. The average molecular weight is 330 g/mol. The summed E-state index contributed by atoms with van der Waals surface area (Å²) >= 11 is 1.51. The number of hydrogen-bond donors (Lipinski definition) is 0. The molecular formula is C17H22N4OS. The lowest BCUT2D eigenvalue weighted by atomic mass is 10.2. The number of aryl methyl sites for hydroxylation is 1. The molecule has 2 heterocycles. The predicted octanol–water partition coefficient (Wildman–Crippen LogP) is 1.86. The molecule has 0 N–H and O–H groups in total. The van der Waals surface area contributed by atoms with Gasteiger partial charge in [0.2, 0.25) is 5.91 Å². The first-order chi connectivity index (χ1) is 11.2. The van der Waals surface area contributed by atoms with Crippen LogP contribution in [0.2, 0.25) is 0 Å². The molecule has 6 heteroatoms.